The van der Waals surface area contributed by atoms with Gasteiger partial charge in [-0.05, 0) is 50.2 Å². The van der Waals surface area contributed by atoms with Crippen molar-refractivity contribution in [2.45, 2.75) is 19.4 Å². The number of hydrogen-bond donors (Lipinski definition) is 1. The number of nitrogens with one attached hydrogen (secondary N) is 1. The van der Waals surface area contributed by atoms with Gasteiger partial charge in [0.25, 0.3) is 5.56 Å². The second-order valence-electron chi connectivity index (χ2n) is 7.85. The van der Waals surface area contributed by atoms with Crippen LogP contribution in [0.1, 0.15) is 12.8 Å². The maximum Gasteiger partial charge on any atom is 0.279 e. The van der Waals surface area contributed by atoms with Crippen molar-refractivity contribution in [3.8, 4) is 17.2 Å². The Morgan fingerprint density at radius 3 is 2.70 bits per heavy atom. The lowest BCUT2D eigenvalue weighted by Crippen LogP contribution is -2.29. The Morgan fingerprint density at radius 1 is 1.12 bits per heavy atom. The predicted octanol–water partition coefficient (Wildman–Crippen LogP) is 2.53. The average molecular weight is 453 g/mol. The molecule has 0 bridgehead atoms. The van der Waals surface area contributed by atoms with Crippen LogP contribution in [0.3, 0.4) is 0 Å². The van der Waals surface area contributed by atoms with Crippen molar-refractivity contribution in [1.82, 2.24) is 14.7 Å². The predicted molar refractivity (Wildman–Crippen MR) is 125 cm³/mol. The second kappa shape index (κ2) is 10.4. The second-order valence-corrected chi connectivity index (χ2v) is 7.85. The highest BCUT2D eigenvalue weighted by atomic mass is 16.5. The van der Waals surface area contributed by atoms with Gasteiger partial charge < -0.3 is 19.5 Å². The summed E-state index contributed by atoms with van der Waals surface area (Å²) in [7, 11) is 2.97. The first-order chi connectivity index (χ1) is 16.1. The number of likely N-dealkylation sites (tertiary alicyclic amines) is 1. The van der Waals surface area contributed by atoms with E-state index in [0.29, 0.717) is 40.3 Å². The molecule has 0 unspecified atom stereocenters. The van der Waals surface area contributed by atoms with Gasteiger partial charge in [-0.1, -0.05) is 6.07 Å². The molecule has 9 heteroatoms. The van der Waals surface area contributed by atoms with Gasteiger partial charge in [0.2, 0.25) is 5.91 Å². The largest absolute Gasteiger partial charge is 0.493 e. The molecule has 9 nitrogen and oxygen atoms in total. The van der Waals surface area contributed by atoms with Crippen molar-refractivity contribution < 1.29 is 19.0 Å². The molecule has 3 aromatic rings. The zero-order valence-electron chi connectivity index (χ0n) is 18.9. The molecule has 2 heterocycles. The van der Waals surface area contributed by atoms with Crippen LogP contribution in [0.4, 0.5) is 5.69 Å². The van der Waals surface area contributed by atoms with E-state index in [2.05, 4.69) is 15.3 Å². The Bertz CT molecular complexity index is 1190. The molecule has 1 amide bonds. The minimum Gasteiger partial charge on any atom is -0.493 e. The van der Waals surface area contributed by atoms with Gasteiger partial charge in [-0.25, -0.2) is 4.68 Å². The highest BCUT2D eigenvalue weighted by Crippen LogP contribution is 2.32. The van der Waals surface area contributed by atoms with Crippen LogP contribution in [0.25, 0.3) is 10.8 Å². The fourth-order valence-corrected chi connectivity index (χ4v) is 4.00. The van der Waals surface area contributed by atoms with Crippen molar-refractivity contribution in [3.63, 3.8) is 0 Å². The molecule has 0 radical (unpaired) electrons. The van der Waals surface area contributed by atoms with Crippen molar-refractivity contribution >= 4 is 22.4 Å². The Labute approximate surface area is 191 Å². The van der Waals surface area contributed by atoms with Crippen LogP contribution in [0, 0.1) is 0 Å². The molecule has 174 valence electrons. The maximum absolute atomic E-state index is 13.0. The van der Waals surface area contributed by atoms with E-state index in [1.54, 1.807) is 24.3 Å². The molecule has 1 aromatic heterocycles. The molecule has 0 spiro atoms. The monoisotopic (exact) mass is 452 g/mol. The molecule has 1 aliphatic heterocycles. The first-order valence-electron chi connectivity index (χ1n) is 10.9. The summed E-state index contributed by atoms with van der Waals surface area (Å²) in [5.41, 5.74) is 0.157. The number of carbonyl (C=O) groups excluding carboxylic acids is 1. The van der Waals surface area contributed by atoms with Crippen molar-refractivity contribution in [1.29, 1.82) is 0 Å². The highest BCUT2D eigenvalue weighted by Gasteiger charge is 2.16. The third kappa shape index (κ3) is 5.25. The Kier molecular flexibility index (Phi) is 7.09. The molecule has 4 rings (SSSR count). The quantitative estimate of drug-likeness (QED) is 0.533. The number of anilines is 1. The summed E-state index contributed by atoms with van der Waals surface area (Å²) in [6.07, 6.45) is 4.02. The molecule has 0 aliphatic carbocycles. The van der Waals surface area contributed by atoms with E-state index in [1.165, 1.54) is 33.3 Å². The van der Waals surface area contributed by atoms with Gasteiger partial charge in [0.1, 0.15) is 18.9 Å². The minimum absolute atomic E-state index is 0.241. The summed E-state index contributed by atoms with van der Waals surface area (Å²) in [5.74, 6) is 1.06. The molecular weight excluding hydrogens is 424 g/mol. The number of methoxy groups -OCH3 is 2. The molecular formula is C24H28N4O5. The lowest BCUT2D eigenvalue weighted by molar-refractivity contribution is -0.117. The number of rotatable bonds is 9. The zero-order chi connectivity index (χ0) is 23.2. The average Bonchev–Trinajstić information content (AvgIpc) is 3.34. The molecule has 1 N–H and O–H groups in total. The SMILES string of the molecule is COc1ccc2cnn(CC(=O)Nc3cccc(OCCN4CCCC4)c3)c(=O)c2c1OC. The van der Waals surface area contributed by atoms with Gasteiger partial charge in [-0.2, -0.15) is 5.10 Å². The molecule has 1 fully saturated rings. The van der Waals surface area contributed by atoms with Crippen LogP contribution >= 0.6 is 0 Å². The molecule has 1 aliphatic rings. The number of hydrogen-bond acceptors (Lipinski definition) is 7. The first-order valence-corrected chi connectivity index (χ1v) is 10.9. The number of benzene rings is 2. The molecule has 33 heavy (non-hydrogen) atoms. The van der Waals surface area contributed by atoms with Gasteiger partial charge in [-0.3, -0.25) is 14.5 Å². The summed E-state index contributed by atoms with van der Waals surface area (Å²) in [4.78, 5) is 28.0. The number of amides is 1. The van der Waals surface area contributed by atoms with Crippen LogP contribution in [0.5, 0.6) is 17.2 Å². The minimum atomic E-state index is -0.433. The standard InChI is InChI=1S/C24H28N4O5/c1-31-20-9-8-17-15-25-28(24(30)22(17)23(20)32-2)16-21(29)26-18-6-5-7-19(14-18)33-13-12-27-10-3-4-11-27/h5-9,14-15H,3-4,10-13,16H2,1-2H3,(H,26,29). The van der Waals surface area contributed by atoms with Crippen molar-refractivity contribution in [3.05, 3.63) is 52.9 Å². The van der Waals surface area contributed by atoms with E-state index >= 15 is 0 Å². The van der Waals surface area contributed by atoms with Crippen LogP contribution in [-0.4, -0.2) is 61.0 Å². The van der Waals surface area contributed by atoms with E-state index < -0.39 is 5.56 Å². The Hall–Kier alpha value is -3.59. The van der Waals surface area contributed by atoms with Crippen LogP contribution < -0.4 is 25.1 Å². The van der Waals surface area contributed by atoms with Gasteiger partial charge in [0.15, 0.2) is 11.5 Å². The van der Waals surface area contributed by atoms with Gasteiger partial charge in [-0.15, -0.1) is 0 Å². The number of carbonyl (C=O) groups is 1. The Morgan fingerprint density at radius 2 is 1.94 bits per heavy atom. The number of ether oxygens (including phenoxy) is 3. The maximum atomic E-state index is 13.0. The summed E-state index contributed by atoms with van der Waals surface area (Å²) >= 11 is 0. The van der Waals surface area contributed by atoms with E-state index in [0.717, 1.165) is 24.3 Å². The summed E-state index contributed by atoms with van der Waals surface area (Å²) < 4.78 is 17.6. The van der Waals surface area contributed by atoms with E-state index in [4.69, 9.17) is 14.2 Å². The lowest BCUT2D eigenvalue weighted by Gasteiger charge is -2.15. The smallest absolute Gasteiger partial charge is 0.279 e. The van der Waals surface area contributed by atoms with E-state index in [9.17, 15) is 9.59 Å². The van der Waals surface area contributed by atoms with Crippen LogP contribution in [-0.2, 0) is 11.3 Å². The molecule has 0 atom stereocenters. The van der Waals surface area contributed by atoms with Gasteiger partial charge in [0, 0.05) is 23.7 Å². The van der Waals surface area contributed by atoms with Crippen LogP contribution in [0.15, 0.2) is 47.4 Å². The molecule has 0 saturated carbocycles. The topological polar surface area (TPSA) is 94.9 Å². The lowest BCUT2D eigenvalue weighted by atomic mass is 10.1. The highest BCUT2D eigenvalue weighted by molar-refractivity contribution is 5.92. The zero-order valence-corrected chi connectivity index (χ0v) is 18.9. The Balaban J connectivity index is 1.43. The third-order valence-corrected chi connectivity index (χ3v) is 5.65. The van der Waals surface area contributed by atoms with E-state index in [1.807, 2.05) is 12.1 Å². The third-order valence-electron chi connectivity index (χ3n) is 5.65. The summed E-state index contributed by atoms with van der Waals surface area (Å²) in [5, 5.41) is 7.85. The van der Waals surface area contributed by atoms with Crippen molar-refractivity contribution in [2.24, 2.45) is 0 Å². The van der Waals surface area contributed by atoms with Crippen LogP contribution in [0.2, 0.25) is 0 Å². The number of nitrogens with zero attached hydrogens (tertiary/aromatic N) is 3. The van der Waals surface area contributed by atoms with E-state index in [-0.39, 0.29) is 12.5 Å². The van der Waals surface area contributed by atoms with Gasteiger partial charge >= 0.3 is 0 Å². The summed E-state index contributed by atoms with van der Waals surface area (Å²) in [6.45, 7) is 3.50. The first kappa shape index (κ1) is 22.6. The number of aromatic nitrogens is 2. The fourth-order valence-electron chi connectivity index (χ4n) is 4.00. The van der Waals surface area contributed by atoms with Crippen molar-refractivity contribution in [2.75, 3.05) is 45.8 Å². The van der Waals surface area contributed by atoms with Gasteiger partial charge in [0.05, 0.1) is 25.8 Å². The molecule has 2 aromatic carbocycles. The normalized spacial score (nSPS) is 13.8. The molecule has 1 saturated heterocycles. The number of fused-ring (bicyclic) bond motifs is 1. The summed E-state index contributed by atoms with van der Waals surface area (Å²) in [6, 6.07) is 10.7. The fraction of sp³-hybridized carbons (Fsp3) is 0.375.